The van der Waals surface area contributed by atoms with Crippen LogP contribution in [0, 0.1) is 5.82 Å². The molecular formula is C12H17FO2S. The van der Waals surface area contributed by atoms with Crippen LogP contribution in [0.4, 0.5) is 4.39 Å². The van der Waals surface area contributed by atoms with Gasteiger partial charge in [0.25, 0.3) is 0 Å². The highest BCUT2D eigenvalue weighted by atomic mass is 32.2. The summed E-state index contributed by atoms with van der Waals surface area (Å²) in [5, 5.41) is 9.79. The van der Waals surface area contributed by atoms with Gasteiger partial charge in [-0.2, -0.15) is 11.8 Å². The van der Waals surface area contributed by atoms with Gasteiger partial charge in [-0.15, -0.1) is 0 Å². The molecule has 1 unspecified atom stereocenters. The second-order valence-electron chi connectivity index (χ2n) is 3.48. The van der Waals surface area contributed by atoms with Crippen LogP contribution in [0.1, 0.15) is 25.0 Å². The first-order chi connectivity index (χ1) is 7.69. The summed E-state index contributed by atoms with van der Waals surface area (Å²) < 4.78 is 18.4. The largest absolute Gasteiger partial charge is 0.497 e. The van der Waals surface area contributed by atoms with Crippen LogP contribution in [0.5, 0.6) is 5.75 Å². The fourth-order valence-corrected chi connectivity index (χ4v) is 2.19. The summed E-state index contributed by atoms with van der Waals surface area (Å²) in [4.78, 5) is 0. The second-order valence-corrected chi connectivity index (χ2v) is 4.63. The Morgan fingerprint density at radius 1 is 1.50 bits per heavy atom. The number of aliphatic hydroxyl groups is 1. The van der Waals surface area contributed by atoms with Crippen molar-refractivity contribution in [3.63, 3.8) is 0 Å². The summed E-state index contributed by atoms with van der Waals surface area (Å²) in [6, 6.07) is 4.53. The molecule has 2 nitrogen and oxygen atoms in total. The first-order valence-electron chi connectivity index (χ1n) is 5.28. The van der Waals surface area contributed by atoms with Crippen LogP contribution in [0.15, 0.2) is 18.2 Å². The Labute approximate surface area is 99.8 Å². The van der Waals surface area contributed by atoms with Gasteiger partial charge in [0, 0.05) is 17.4 Å². The monoisotopic (exact) mass is 244 g/mol. The Morgan fingerprint density at radius 3 is 2.81 bits per heavy atom. The molecule has 1 atom stereocenters. The van der Waals surface area contributed by atoms with Crippen LogP contribution in [-0.4, -0.2) is 23.7 Å². The molecule has 1 N–H and O–H groups in total. The van der Waals surface area contributed by atoms with Gasteiger partial charge in [-0.05, 0) is 24.3 Å². The van der Waals surface area contributed by atoms with Gasteiger partial charge in [-0.3, -0.25) is 0 Å². The van der Waals surface area contributed by atoms with Crippen molar-refractivity contribution >= 4 is 11.8 Å². The SMILES string of the molecule is CCCSCC(O)c1ccc(OC)cc1F. The molecule has 0 aliphatic rings. The van der Waals surface area contributed by atoms with Gasteiger partial charge in [-0.25, -0.2) is 4.39 Å². The first kappa shape index (κ1) is 13.3. The van der Waals surface area contributed by atoms with E-state index < -0.39 is 11.9 Å². The summed E-state index contributed by atoms with van der Waals surface area (Å²) in [6.45, 7) is 2.08. The van der Waals surface area contributed by atoms with Gasteiger partial charge in [0.1, 0.15) is 11.6 Å². The maximum Gasteiger partial charge on any atom is 0.132 e. The summed E-state index contributed by atoms with van der Waals surface area (Å²) in [6.07, 6.45) is 0.310. The number of rotatable bonds is 6. The molecule has 0 aliphatic carbocycles. The van der Waals surface area contributed by atoms with Gasteiger partial charge < -0.3 is 9.84 Å². The molecule has 0 bridgehead atoms. The van der Waals surface area contributed by atoms with E-state index in [-0.39, 0.29) is 0 Å². The molecule has 0 heterocycles. The van der Waals surface area contributed by atoms with Gasteiger partial charge >= 0.3 is 0 Å². The lowest BCUT2D eigenvalue weighted by molar-refractivity contribution is 0.198. The maximum atomic E-state index is 13.5. The maximum absolute atomic E-state index is 13.5. The predicted molar refractivity (Wildman–Crippen MR) is 65.5 cm³/mol. The van der Waals surface area contributed by atoms with Gasteiger partial charge in [0.05, 0.1) is 13.2 Å². The van der Waals surface area contributed by atoms with E-state index in [0.717, 1.165) is 12.2 Å². The van der Waals surface area contributed by atoms with Crippen molar-refractivity contribution < 1.29 is 14.2 Å². The van der Waals surface area contributed by atoms with Crippen molar-refractivity contribution in [2.24, 2.45) is 0 Å². The molecule has 16 heavy (non-hydrogen) atoms. The van der Waals surface area contributed by atoms with Gasteiger partial charge in [-0.1, -0.05) is 6.92 Å². The number of hydrogen-bond donors (Lipinski definition) is 1. The van der Waals surface area contributed by atoms with Crippen LogP contribution in [0.2, 0.25) is 0 Å². The zero-order valence-electron chi connectivity index (χ0n) is 9.57. The highest BCUT2D eigenvalue weighted by molar-refractivity contribution is 7.99. The minimum absolute atomic E-state index is 0.337. The molecule has 1 rings (SSSR count). The Bertz CT molecular complexity index is 331. The van der Waals surface area contributed by atoms with Gasteiger partial charge in [0.2, 0.25) is 0 Å². The van der Waals surface area contributed by atoms with Crippen LogP contribution in [-0.2, 0) is 0 Å². The Morgan fingerprint density at radius 2 is 2.25 bits per heavy atom. The number of aliphatic hydroxyl groups excluding tert-OH is 1. The smallest absolute Gasteiger partial charge is 0.132 e. The lowest BCUT2D eigenvalue weighted by Crippen LogP contribution is -2.04. The van der Waals surface area contributed by atoms with Crippen LogP contribution in [0.25, 0.3) is 0 Å². The topological polar surface area (TPSA) is 29.5 Å². The van der Waals surface area contributed by atoms with E-state index in [4.69, 9.17) is 4.74 Å². The number of benzene rings is 1. The average molecular weight is 244 g/mol. The summed E-state index contributed by atoms with van der Waals surface area (Å²) in [5.41, 5.74) is 0.337. The Kier molecular flexibility index (Phi) is 5.63. The van der Waals surface area contributed by atoms with Crippen molar-refractivity contribution in [1.29, 1.82) is 0 Å². The van der Waals surface area contributed by atoms with Crippen LogP contribution >= 0.6 is 11.8 Å². The normalized spacial score (nSPS) is 12.5. The summed E-state index contributed by atoms with van der Waals surface area (Å²) >= 11 is 1.63. The highest BCUT2D eigenvalue weighted by Gasteiger charge is 2.13. The van der Waals surface area contributed by atoms with Crippen molar-refractivity contribution in [2.45, 2.75) is 19.4 Å². The Hall–Kier alpha value is -0.740. The zero-order valence-corrected chi connectivity index (χ0v) is 10.4. The average Bonchev–Trinajstić information content (AvgIpc) is 2.29. The third kappa shape index (κ3) is 3.68. The minimum Gasteiger partial charge on any atom is -0.497 e. The fourth-order valence-electron chi connectivity index (χ4n) is 1.33. The molecule has 0 amide bonds. The number of ether oxygens (including phenoxy) is 1. The van der Waals surface area contributed by atoms with Crippen molar-refractivity contribution in [3.8, 4) is 5.75 Å². The lowest BCUT2D eigenvalue weighted by atomic mass is 10.1. The number of hydrogen-bond acceptors (Lipinski definition) is 3. The minimum atomic E-state index is -0.748. The standard InChI is InChI=1S/C12H17FO2S/c1-3-6-16-8-12(14)10-5-4-9(15-2)7-11(10)13/h4-5,7,12,14H,3,6,8H2,1-2H3. The van der Waals surface area contributed by atoms with E-state index in [2.05, 4.69) is 6.92 Å². The molecule has 0 aliphatic heterocycles. The summed E-state index contributed by atoms with van der Waals surface area (Å²) in [5.74, 6) is 1.56. The van der Waals surface area contributed by atoms with E-state index in [0.29, 0.717) is 17.1 Å². The van der Waals surface area contributed by atoms with E-state index in [9.17, 15) is 9.50 Å². The molecule has 0 spiro atoms. The van der Waals surface area contributed by atoms with E-state index >= 15 is 0 Å². The molecule has 90 valence electrons. The first-order valence-corrected chi connectivity index (χ1v) is 6.43. The third-order valence-electron chi connectivity index (χ3n) is 2.19. The quantitative estimate of drug-likeness (QED) is 0.780. The number of halogens is 1. The molecule has 0 fully saturated rings. The molecule has 0 radical (unpaired) electrons. The molecule has 1 aromatic carbocycles. The molecular weight excluding hydrogens is 227 g/mol. The van der Waals surface area contributed by atoms with E-state index in [1.807, 2.05) is 0 Å². The van der Waals surface area contributed by atoms with Crippen molar-refractivity contribution in [1.82, 2.24) is 0 Å². The van der Waals surface area contributed by atoms with Crippen LogP contribution < -0.4 is 4.74 Å². The molecule has 1 aromatic rings. The predicted octanol–water partition coefficient (Wildman–Crippen LogP) is 3.01. The van der Waals surface area contributed by atoms with Crippen molar-refractivity contribution in [2.75, 3.05) is 18.6 Å². The number of thioether (sulfide) groups is 1. The van der Waals surface area contributed by atoms with Gasteiger partial charge in [0.15, 0.2) is 0 Å². The number of methoxy groups -OCH3 is 1. The van der Waals surface area contributed by atoms with E-state index in [1.165, 1.54) is 13.2 Å². The lowest BCUT2D eigenvalue weighted by Gasteiger charge is -2.12. The highest BCUT2D eigenvalue weighted by Crippen LogP contribution is 2.24. The van der Waals surface area contributed by atoms with Crippen LogP contribution in [0.3, 0.4) is 0 Å². The fraction of sp³-hybridized carbons (Fsp3) is 0.500. The Balaban J connectivity index is 2.64. The molecule has 0 saturated heterocycles. The zero-order chi connectivity index (χ0) is 12.0. The summed E-state index contributed by atoms with van der Waals surface area (Å²) in [7, 11) is 1.49. The molecule has 0 saturated carbocycles. The second kappa shape index (κ2) is 6.76. The molecule has 0 aromatic heterocycles. The van der Waals surface area contributed by atoms with Crippen molar-refractivity contribution in [3.05, 3.63) is 29.6 Å². The third-order valence-corrected chi connectivity index (χ3v) is 3.44. The molecule has 4 heteroatoms. The van der Waals surface area contributed by atoms with E-state index in [1.54, 1.807) is 23.9 Å².